The smallest absolute Gasteiger partial charge is 0.272 e. The lowest BCUT2D eigenvalue weighted by Crippen LogP contribution is -2.27. The van der Waals surface area contributed by atoms with Crippen LogP contribution >= 0.6 is 0 Å². The van der Waals surface area contributed by atoms with Crippen LogP contribution in [0.25, 0.3) is 11.3 Å². The van der Waals surface area contributed by atoms with Gasteiger partial charge in [-0.05, 0) is 17.7 Å². The first kappa shape index (κ1) is 13.7. The van der Waals surface area contributed by atoms with E-state index in [4.69, 9.17) is 0 Å². The maximum Gasteiger partial charge on any atom is 0.272 e. The summed E-state index contributed by atoms with van der Waals surface area (Å²) in [6, 6.07) is 15.7. The molecule has 0 fully saturated rings. The Morgan fingerprint density at radius 1 is 1.09 bits per heavy atom. The van der Waals surface area contributed by atoms with Crippen molar-refractivity contribution >= 4 is 5.91 Å². The zero-order valence-corrected chi connectivity index (χ0v) is 12.8. The molecular weight excluding hydrogens is 288 g/mol. The normalized spacial score (nSPS) is 13.2. The molecule has 5 nitrogen and oxygen atoms in total. The quantitative estimate of drug-likeness (QED) is 0.731. The number of hydrogen-bond acceptors (Lipinski definition) is 3. The number of rotatable bonds is 2. The van der Waals surface area contributed by atoms with Gasteiger partial charge in [-0.2, -0.15) is 5.10 Å². The summed E-state index contributed by atoms with van der Waals surface area (Å²) in [7, 11) is 1.81. The molecule has 0 spiro atoms. The molecule has 1 aliphatic rings. The van der Waals surface area contributed by atoms with Gasteiger partial charge in [0.15, 0.2) is 0 Å². The second kappa shape index (κ2) is 5.35. The first-order chi connectivity index (χ1) is 11.2. The van der Waals surface area contributed by atoms with Gasteiger partial charge in [-0.15, -0.1) is 0 Å². The van der Waals surface area contributed by atoms with Gasteiger partial charge >= 0.3 is 0 Å². The Kier molecular flexibility index (Phi) is 3.19. The maximum absolute atomic E-state index is 12.8. The fraction of sp³-hybridized carbons (Fsp3) is 0.167. The SMILES string of the molecule is Cn1nc(-c2ccccc2)cc1C(=O)N1Cc2cccnc2C1. The van der Waals surface area contributed by atoms with Crippen molar-refractivity contribution in [1.29, 1.82) is 0 Å². The molecule has 23 heavy (non-hydrogen) atoms. The zero-order chi connectivity index (χ0) is 15.8. The molecule has 0 atom stereocenters. The van der Waals surface area contributed by atoms with E-state index >= 15 is 0 Å². The molecule has 1 aromatic carbocycles. The van der Waals surface area contributed by atoms with Crippen LogP contribution < -0.4 is 0 Å². The third-order valence-corrected chi connectivity index (χ3v) is 4.14. The fourth-order valence-corrected chi connectivity index (χ4v) is 2.92. The zero-order valence-electron chi connectivity index (χ0n) is 12.8. The predicted molar refractivity (Wildman–Crippen MR) is 86.5 cm³/mol. The third kappa shape index (κ3) is 2.40. The maximum atomic E-state index is 12.8. The number of hydrogen-bond donors (Lipinski definition) is 0. The molecule has 0 radical (unpaired) electrons. The summed E-state index contributed by atoms with van der Waals surface area (Å²) in [5.74, 6) is -0.0137. The van der Waals surface area contributed by atoms with E-state index in [1.54, 1.807) is 17.9 Å². The molecule has 1 amide bonds. The highest BCUT2D eigenvalue weighted by Crippen LogP contribution is 2.24. The molecule has 0 unspecified atom stereocenters. The molecule has 0 saturated carbocycles. The molecule has 5 heteroatoms. The van der Waals surface area contributed by atoms with Gasteiger partial charge in [0, 0.05) is 25.4 Å². The Morgan fingerprint density at radius 2 is 1.91 bits per heavy atom. The predicted octanol–water partition coefficient (Wildman–Crippen LogP) is 2.64. The molecule has 0 aliphatic carbocycles. The number of fused-ring (bicyclic) bond motifs is 1. The molecule has 4 rings (SSSR count). The van der Waals surface area contributed by atoms with Gasteiger partial charge in [-0.3, -0.25) is 14.5 Å². The highest BCUT2D eigenvalue weighted by atomic mass is 16.2. The molecule has 0 saturated heterocycles. The summed E-state index contributed by atoms with van der Waals surface area (Å²) in [5.41, 5.74) is 4.51. The van der Waals surface area contributed by atoms with Crippen LogP contribution in [0.3, 0.4) is 0 Å². The van der Waals surface area contributed by atoms with E-state index in [1.165, 1.54) is 0 Å². The first-order valence-electron chi connectivity index (χ1n) is 7.54. The number of benzene rings is 1. The van der Waals surface area contributed by atoms with Gasteiger partial charge in [0.2, 0.25) is 0 Å². The van der Waals surface area contributed by atoms with Crippen LogP contribution in [0.5, 0.6) is 0 Å². The van der Waals surface area contributed by atoms with E-state index in [9.17, 15) is 4.79 Å². The Labute approximate surface area is 134 Å². The van der Waals surface area contributed by atoms with Crippen LogP contribution in [-0.2, 0) is 20.1 Å². The van der Waals surface area contributed by atoms with Crippen LogP contribution in [-0.4, -0.2) is 25.6 Å². The van der Waals surface area contributed by atoms with Crippen molar-refractivity contribution in [1.82, 2.24) is 19.7 Å². The summed E-state index contributed by atoms with van der Waals surface area (Å²) >= 11 is 0. The Morgan fingerprint density at radius 3 is 2.70 bits per heavy atom. The van der Waals surface area contributed by atoms with Crippen molar-refractivity contribution in [2.45, 2.75) is 13.1 Å². The first-order valence-corrected chi connectivity index (χ1v) is 7.54. The number of nitrogens with zero attached hydrogens (tertiary/aromatic N) is 4. The van der Waals surface area contributed by atoms with E-state index in [0.29, 0.717) is 18.8 Å². The summed E-state index contributed by atoms with van der Waals surface area (Å²) in [6.45, 7) is 1.16. The Bertz CT molecular complexity index is 845. The van der Waals surface area contributed by atoms with E-state index in [2.05, 4.69) is 10.1 Å². The standard InChI is InChI=1S/C18H16N4O/c1-21-17(10-15(20-21)13-6-3-2-4-7-13)18(23)22-11-14-8-5-9-19-16(14)12-22/h2-10H,11-12H2,1H3. The number of carbonyl (C=O) groups is 1. The lowest BCUT2D eigenvalue weighted by atomic mass is 10.1. The van der Waals surface area contributed by atoms with Crippen LogP contribution in [0.2, 0.25) is 0 Å². The number of carbonyl (C=O) groups excluding carboxylic acids is 1. The minimum absolute atomic E-state index is 0.0137. The van der Waals surface area contributed by atoms with Crippen molar-refractivity contribution in [3.8, 4) is 11.3 Å². The molecule has 0 bridgehead atoms. The van der Waals surface area contributed by atoms with E-state index in [-0.39, 0.29) is 5.91 Å². The van der Waals surface area contributed by atoms with Crippen LogP contribution in [0.15, 0.2) is 54.7 Å². The second-order valence-corrected chi connectivity index (χ2v) is 5.67. The van der Waals surface area contributed by atoms with Crippen molar-refractivity contribution in [2.24, 2.45) is 7.05 Å². The number of aromatic nitrogens is 3. The lowest BCUT2D eigenvalue weighted by Gasteiger charge is -2.14. The largest absolute Gasteiger partial charge is 0.327 e. The van der Waals surface area contributed by atoms with Crippen LogP contribution in [0, 0.1) is 0 Å². The molecule has 3 aromatic rings. The number of aryl methyl sites for hydroxylation is 1. The average Bonchev–Trinajstić information content (AvgIpc) is 3.18. The van der Waals surface area contributed by atoms with E-state index in [0.717, 1.165) is 22.5 Å². The van der Waals surface area contributed by atoms with Gasteiger partial charge in [0.1, 0.15) is 5.69 Å². The van der Waals surface area contributed by atoms with Crippen molar-refractivity contribution in [3.63, 3.8) is 0 Å². The summed E-state index contributed by atoms with van der Waals surface area (Å²) in [4.78, 5) is 19.0. The third-order valence-electron chi connectivity index (χ3n) is 4.14. The molecular formula is C18H16N4O. The molecule has 2 aromatic heterocycles. The van der Waals surface area contributed by atoms with Gasteiger partial charge in [0.25, 0.3) is 5.91 Å². The molecule has 1 aliphatic heterocycles. The molecule has 3 heterocycles. The molecule has 114 valence electrons. The topological polar surface area (TPSA) is 51.0 Å². The number of amides is 1. The Hall–Kier alpha value is -2.95. The fourth-order valence-electron chi connectivity index (χ4n) is 2.92. The highest BCUT2D eigenvalue weighted by molar-refractivity contribution is 5.94. The van der Waals surface area contributed by atoms with Crippen LogP contribution in [0.1, 0.15) is 21.7 Å². The molecule has 0 N–H and O–H groups in total. The Balaban J connectivity index is 1.62. The van der Waals surface area contributed by atoms with Gasteiger partial charge in [0.05, 0.1) is 17.9 Å². The van der Waals surface area contributed by atoms with Gasteiger partial charge in [-0.1, -0.05) is 36.4 Å². The van der Waals surface area contributed by atoms with E-state index < -0.39 is 0 Å². The summed E-state index contributed by atoms with van der Waals surface area (Å²) in [5, 5.41) is 4.48. The van der Waals surface area contributed by atoms with Crippen molar-refractivity contribution in [2.75, 3.05) is 0 Å². The van der Waals surface area contributed by atoms with Gasteiger partial charge in [-0.25, -0.2) is 0 Å². The van der Waals surface area contributed by atoms with Crippen molar-refractivity contribution in [3.05, 3.63) is 71.7 Å². The minimum Gasteiger partial charge on any atom is -0.327 e. The monoisotopic (exact) mass is 304 g/mol. The second-order valence-electron chi connectivity index (χ2n) is 5.67. The summed E-state index contributed by atoms with van der Waals surface area (Å²) < 4.78 is 1.65. The average molecular weight is 304 g/mol. The minimum atomic E-state index is -0.0137. The summed E-state index contributed by atoms with van der Waals surface area (Å²) in [6.07, 6.45) is 1.77. The lowest BCUT2D eigenvalue weighted by molar-refractivity contribution is 0.0739. The number of pyridine rings is 1. The van der Waals surface area contributed by atoms with Crippen molar-refractivity contribution < 1.29 is 4.79 Å². The van der Waals surface area contributed by atoms with Crippen LogP contribution in [0.4, 0.5) is 0 Å². The van der Waals surface area contributed by atoms with E-state index in [1.807, 2.05) is 53.4 Å². The van der Waals surface area contributed by atoms with Gasteiger partial charge < -0.3 is 4.90 Å². The highest BCUT2D eigenvalue weighted by Gasteiger charge is 2.27.